The molecule has 0 aliphatic rings. The fraction of sp³-hybridized carbons (Fsp3) is 0.417. The number of nitrogens with two attached hydrogens (primary N) is 1. The lowest BCUT2D eigenvalue weighted by Crippen LogP contribution is -2.17. The summed E-state index contributed by atoms with van der Waals surface area (Å²) in [5.41, 5.74) is 7.78. The fourth-order valence-electron chi connectivity index (χ4n) is 1.65. The van der Waals surface area contributed by atoms with E-state index in [1.165, 1.54) is 0 Å². The molecule has 0 spiro atoms. The van der Waals surface area contributed by atoms with Crippen LogP contribution in [-0.2, 0) is 12.8 Å². The highest BCUT2D eigenvalue weighted by molar-refractivity contribution is 5.58. The number of hydrogen-bond donors (Lipinski definition) is 1. The van der Waals surface area contributed by atoms with E-state index in [0.717, 1.165) is 17.5 Å². The third-order valence-electron chi connectivity index (χ3n) is 2.49. The van der Waals surface area contributed by atoms with Crippen molar-refractivity contribution < 1.29 is 4.52 Å². The molecule has 5 heteroatoms. The minimum atomic E-state index is 0.0198. The van der Waals surface area contributed by atoms with E-state index in [1.54, 1.807) is 6.20 Å². The summed E-state index contributed by atoms with van der Waals surface area (Å²) >= 11 is 0. The molecule has 90 valence electrons. The molecule has 1 unspecified atom stereocenters. The van der Waals surface area contributed by atoms with Gasteiger partial charge in [0.1, 0.15) is 0 Å². The van der Waals surface area contributed by atoms with Crippen molar-refractivity contribution >= 4 is 0 Å². The lowest BCUT2D eigenvalue weighted by atomic mass is 10.1. The van der Waals surface area contributed by atoms with Crippen LogP contribution >= 0.6 is 0 Å². The molecule has 17 heavy (non-hydrogen) atoms. The highest BCUT2D eigenvalue weighted by Crippen LogP contribution is 2.20. The second-order valence-corrected chi connectivity index (χ2v) is 4.08. The van der Waals surface area contributed by atoms with Crippen molar-refractivity contribution in [3.05, 3.63) is 29.9 Å². The highest BCUT2D eigenvalue weighted by atomic mass is 16.5. The first-order valence-corrected chi connectivity index (χ1v) is 5.72. The van der Waals surface area contributed by atoms with E-state index in [-0.39, 0.29) is 6.04 Å². The van der Waals surface area contributed by atoms with E-state index >= 15 is 0 Å². The summed E-state index contributed by atoms with van der Waals surface area (Å²) in [5, 5.41) is 3.98. The zero-order valence-electron chi connectivity index (χ0n) is 10.1. The summed E-state index contributed by atoms with van der Waals surface area (Å²) in [4.78, 5) is 8.43. The van der Waals surface area contributed by atoms with Gasteiger partial charge in [-0.15, -0.1) is 0 Å². The predicted octanol–water partition coefficient (Wildman–Crippen LogP) is 1.58. The fourth-order valence-corrected chi connectivity index (χ4v) is 1.65. The van der Waals surface area contributed by atoms with Gasteiger partial charge >= 0.3 is 0 Å². The highest BCUT2D eigenvalue weighted by Gasteiger charge is 2.12. The molecular weight excluding hydrogens is 216 g/mol. The summed E-state index contributed by atoms with van der Waals surface area (Å²) < 4.78 is 5.17. The van der Waals surface area contributed by atoms with Crippen molar-refractivity contribution in [1.82, 2.24) is 15.1 Å². The van der Waals surface area contributed by atoms with Crippen molar-refractivity contribution in [2.24, 2.45) is 5.73 Å². The first-order chi connectivity index (χ1) is 8.20. The molecule has 0 bridgehead atoms. The van der Waals surface area contributed by atoms with Crippen LogP contribution in [0.4, 0.5) is 0 Å². The molecule has 2 aromatic heterocycles. The van der Waals surface area contributed by atoms with Crippen LogP contribution in [0.25, 0.3) is 11.4 Å². The standard InChI is InChI=1S/C12H16N4O/c1-3-9-7-14-5-4-10(9)12-15-11(17-16-12)6-8(2)13/h4-5,7-8H,3,6,13H2,1-2H3. The van der Waals surface area contributed by atoms with Gasteiger partial charge in [-0.1, -0.05) is 12.1 Å². The van der Waals surface area contributed by atoms with Gasteiger partial charge in [0.15, 0.2) is 0 Å². The number of aromatic nitrogens is 3. The van der Waals surface area contributed by atoms with Crippen LogP contribution in [0, 0.1) is 0 Å². The topological polar surface area (TPSA) is 77.8 Å². The van der Waals surface area contributed by atoms with Gasteiger partial charge in [0.2, 0.25) is 11.7 Å². The molecule has 1 atom stereocenters. The Balaban J connectivity index is 2.30. The molecule has 5 nitrogen and oxygen atoms in total. The monoisotopic (exact) mass is 232 g/mol. The molecule has 0 amide bonds. The maximum atomic E-state index is 5.69. The molecule has 0 saturated carbocycles. The van der Waals surface area contributed by atoms with Gasteiger partial charge in [0.25, 0.3) is 0 Å². The van der Waals surface area contributed by atoms with Crippen molar-refractivity contribution in [2.45, 2.75) is 32.7 Å². The van der Waals surface area contributed by atoms with Gasteiger partial charge < -0.3 is 10.3 Å². The maximum Gasteiger partial charge on any atom is 0.228 e. The van der Waals surface area contributed by atoms with Gasteiger partial charge in [-0.2, -0.15) is 4.98 Å². The van der Waals surface area contributed by atoms with Crippen molar-refractivity contribution in [3.8, 4) is 11.4 Å². The van der Waals surface area contributed by atoms with Crippen molar-refractivity contribution in [1.29, 1.82) is 0 Å². The average Bonchev–Trinajstić information content (AvgIpc) is 2.76. The van der Waals surface area contributed by atoms with Crippen molar-refractivity contribution in [3.63, 3.8) is 0 Å². The Morgan fingerprint density at radius 1 is 1.47 bits per heavy atom. The molecule has 0 aliphatic heterocycles. The second kappa shape index (κ2) is 5.05. The van der Waals surface area contributed by atoms with Crippen LogP contribution < -0.4 is 5.73 Å². The SMILES string of the molecule is CCc1cnccc1-c1noc(CC(C)N)n1. The van der Waals surface area contributed by atoms with Gasteiger partial charge in [-0.05, 0) is 25.0 Å². The van der Waals surface area contributed by atoms with E-state index in [0.29, 0.717) is 18.1 Å². The molecule has 0 fully saturated rings. The maximum absolute atomic E-state index is 5.69. The number of nitrogens with zero attached hydrogens (tertiary/aromatic N) is 3. The van der Waals surface area contributed by atoms with Gasteiger partial charge in [0.05, 0.1) is 0 Å². The van der Waals surface area contributed by atoms with Gasteiger partial charge in [-0.25, -0.2) is 0 Å². The van der Waals surface area contributed by atoms with E-state index in [1.807, 2.05) is 19.2 Å². The van der Waals surface area contributed by atoms with Crippen LogP contribution in [0.1, 0.15) is 25.3 Å². The Hall–Kier alpha value is -1.75. The Morgan fingerprint density at radius 2 is 2.29 bits per heavy atom. The molecule has 2 heterocycles. The summed E-state index contributed by atoms with van der Waals surface area (Å²) in [7, 11) is 0. The average molecular weight is 232 g/mol. The second-order valence-electron chi connectivity index (χ2n) is 4.08. The molecule has 0 saturated heterocycles. The van der Waals surface area contributed by atoms with Crippen LogP contribution in [-0.4, -0.2) is 21.2 Å². The molecule has 0 aliphatic carbocycles. The Labute approximate surface area is 100 Å². The van der Waals surface area contributed by atoms with E-state index in [4.69, 9.17) is 10.3 Å². The molecule has 2 rings (SSSR count). The van der Waals surface area contributed by atoms with E-state index in [2.05, 4.69) is 22.0 Å². The largest absolute Gasteiger partial charge is 0.339 e. The first-order valence-electron chi connectivity index (χ1n) is 5.72. The van der Waals surface area contributed by atoms with Crippen LogP contribution in [0.15, 0.2) is 23.0 Å². The lowest BCUT2D eigenvalue weighted by molar-refractivity contribution is 0.372. The number of rotatable bonds is 4. The van der Waals surface area contributed by atoms with Crippen molar-refractivity contribution in [2.75, 3.05) is 0 Å². The number of hydrogen-bond acceptors (Lipinski definition) is 5. The summed E-state index contributed by atoms with van der Waals surface area (Å²) in [5.74, 6) is 1.19. The lowest BCUT2D eigenvalue weighted by Gasteiger charge is -2.01. The molecule has 2 N–H and O–H groups in total. The van der Waals surface area contributed by atoms with Gasteiger partial charge in [-0.3, -0.25) is 4.98 Å². The Bertz CT molecular complexity index is 493. The third-order valence-corrected chi connectivity index (χ3v) is 2.49. The van der Waals surface area contributed by atoms with Crippen LogP contribution in [0.3, 0.4) is 0 Å². The minimum Gasteiger partial charge on any atom is -0.339 e. The van der Waals surface area contributed by atoms with Crippen LogP contribution in [0.2, 0.25) is 0 Å². The van der Waals surface area contributed by atoms with Gasteiger partial charge in [0, 0.05) is 30.4 Å². The van der Waals surface area contributed by atoms with E-state index in [9.17, 15) is 0 Å². The van der Waals surface area contributed by atoms with Crippen LogP contribution in [0.5, 0.6) is 0 Å². The molecule has 0 radical (unpaired) electrons. The smallest absolute Gasteiger partial charge is 0.228 e. The number of pyridine rings is 1. The quantitative estimate of drug-likeness (QED) is 0.866. The Kier molecular flexibility index (Phi) is 3.49. The minimum absolute atomic E-state index is 0.0198. The predicted molar refractivity (Wildman–Crippen MR) is 64.3 cm³/mol. The third kappa shape index (κ3) is 2.68. The van der Waals surface area contributed by atoms with E-state index < -0.39 is 0 Å². The zero-order valence-corrected chi connectivity index (χ0v) is 10.1. The summed E-state index contributed by atoms with van der Waals surface area (Å²) in [6.45, 7) is 3.98. The first kappa shape index (κ1) is 11.7. The normalized spacial score (nSPS) is 12.6. The molecule has 2 aromatic rings. The number of aryl methyl sites for hydroxylation is 1. The molecular formula is C12H16N4O. The summed E-state index contributed by atoms with van der Waals surface area (Å²) in [6.07, 6.45) is 5.05. The zero-order chi connectivity index (χ0) is 12.3. The summed E-state index contributed by atoms with van der Waals surface area (Å²) in [6, 6.07) is 1.92. The molecule has 0 aromatic carbocycles. The Morgan fingerprint density at radius 3 is 3.00 bits per heavy atom.